The summed E-state index contributed by atoms with van der Waals surface area (Å²) in [6, 6.07) is 2.40. The Kier molecular flexibility index (Phi) is 4.32. The minimum atomic E-state index is -0.597. The van der Waals surface area contributed by atoms with Crippen molar-refractivity contribution in [2.45, 2.75) is 39.0 Å². The molecule has 2 unspecified atom stereocenters. The average molecular weight is 250 g/mol. The summed E-state index contributed by atoms with van der Waals surface area (Å²) in [4.78, 5) is 6.42. The van der Waals surface area contributed by atoms with Crippen LogP contribution < -0.4 is 0 Å². The highest BCUT2D eigenvalue weighted by Crippen LogP contribution is 2.24. The van der Waals surface area contributed by atoms with Gasteiger partial charge in [-0.2, -0.15) is 0 Å². The van der Waals surface area contributed by atoms with Crippen molar-refractivity contribution in [1.82, 2.24) is 9.88 Å². The van der Waals surface area contributed by atoms with E-state index in [9.17, 15) is 5.11 Å². The van der Waals surface area contributed by atoms with Crippen molar-refractivity contribution >= 4 is 0 Å². The van der Waals surface area contributed by atoms with E-state index in [1.54, 1.807) is 12.4 Å². The number of hydrogen-bond donors (Lipinski definition) is 1. The fourth-order valence-corrected chi connectivity index (χ4v) is 2.34. The van der Waals surface area contributed by atoms with E-state index >= 15 is 0 Å². The molecule has 1 saturated heterocycles. The predicted octanol–water partition coefficient (Wildman–Crippen LogP) is 1.53. The van der Waals surface area contributed by atoms with Crippen LogP contribution >= 0.6 is 0 Å². The number of aliphatic hydroxyl groups excluding tert-OH is 1. The second-order valence-corrected chi connectivity index (χ2v) is 5.18. The number of nitrogens with zero attached hydrogens (tertiary/aromatic N) is 2. The van der Waals surface area contributed by atoms with E-state index in [1.807, 2.05) is 13.0 Å². The van der Waals surface area contributed by atoms with Crippen LogP contribution in [0.5, 0.6) is 0 Å². The molecule has 0 amide bonds. The quantitative estimate of drug-likeness (QED) is 0.883. The molecule has 18 heavy (non-hydrogen) atoms. The summed E-state index contributed by atoms with van der Waals surface area (Å²) < 4.78 is 5.71. The number of aliphatic hydroxyl groups is 1. The second-order valence-electron chi connectivity index (χ2n) is 5.18. The lowest BCUT2D eigenvalue weighted by molar-refractivity contribution is -0.0963. The van der Waals surface area contributed by atoms with Crippen LogP contribution in [0.1, 0.15) is 31.1 Å². The molecule has 1 aromatic rings. The zero-order valence-corrected chi connectivity index (χ0v) is 11.3. The van der Waals surface area contributed by atoms with Crippen molar-refractivity contribution in [2.24, 2.45) is 0 Å². The van der Waals surface area contributed by atoms with Gasteiger partial charge in [-0.15, -0.1) is 0 Å². The summed E-state index contributed by atoms with van der Waals surface area (Å²) in [5, 5.41) is 10.4. The third-order valence-electron chi connectivity index (χ3n) is 3.61. The second kappa shape index (κ2) is 5.78. The molecule has 4 heteroatoms. The first-order valence-electron chi connectivity index (χ1n) is 6.54. The van der Waals surface area contributed by atoms with Gasteiger partial charge in [-0.3, -0.25) is 9.88 Å². The maximum Gasteiger partial charge on any atom is 0.108 e. The number of aryl methyl sites for hydroxylation is 1. The lowest BCUT2D eigenvalue weighted by Crippen LogP contribution is -2.47. The molecule has 0 bridgehead atoms. The van der Waals surface area contributed by atoms with Gasteiger partial charge in [-0.1, -0.05) is 0 Å². The number of ether oxygens (including phenoxy) is 1. The minimum absolute atomic E-state index is 0.163. The molecular weight excluding hydrogens is 228 g/mol. The van der Waals surface area contributed by atoms with Crippen molar-refractivity contribution in [1.29, 1.82) is 0 Å². The Hall–Kier alpha value is -0.970. The zero-order chi connectivity index (χ0) is 13.1. The van der Waals surface area contributed by atoms with Crippen LogP contribution in [0, 0.1) is 6.92 Å². The normalized spacial score (nSPS) is 23.3. The van der Waals surface area contributed by atoms with E-state index in [1.165, 1.54) is 0 Å². The molecule has 0 aromatic carbocycles. The monoisotopic (exact) mass is 250 g/mol. The van der Waals surface area contributed by atoms with E-state index in [2.05, 4.69) is 23.7 Å². The lowest BCUT2D eigenvalue weighted by Gasteiger charge is -2.37. The molecule has 1 aromatic heterocycles. The van der Waals surface area contributed by atoms with Gasteiger partial charge in [0.1, 0.15) is 12.2 Å². The molecule has 100 valence electrons. The largest absolute Gasteiger partial charge is 0.386 e. The minimum Gasteiger partial charge on any atom is -0.386 e. The first kappa shape index (κ1) is 13.5. The molecule has 1 fully saturated rings. The van der Waals surface area contributed by atoms with Gasteiger partial charge in [0.2, 0.25) is 0 Å². The molecule has 1 aliphatic rings. The van der Waals surface area contributed by atoms with Crippen LogP contribution in [0.25, 0.3) is 0 Å². The van der Waals surface area contributed by atoms with Crippen LogP contribution in [0.4, 0.5) is 0 Å². The van der Waals surface area contributed by atoms with Crippen LogP contribution in [0.15, 0.2) is 18.5 Å². The molecule has 1 N–H and O–H groups in total. The molecule has 1 aliphatic heterocycles. The Labute approximate surface area is 109 Å². The predicted molar refractivity (Wildman–Crippen MR) is 70.4 cm³/mol. The standard InChI is InChI=1S/C14H22N2O2/c1-10(2)16-6-7-18-13(9-16)14(17)12-8-15-5-4-11(12)3/h4-5,8,10,13-14,17H,6-7,9H2,1-3H3. The smallest absolute Gasteiger partial charge is 0.108 e. The summed E-state index contributed by atoms with van der Waals surface area (Å²) in [5.74, 6) is 0. The molecule has 0 saturated carbocycles. The lowest BCUT2D eigenvalue weighted by atomic mass is 10.0. The van der Waals surface area contributed by atoms with Gasteiger partial charge in [0.15, 0.2) is 0 Å². The summed E-state index contributed by atoms with van der Waals surface area (Å²) >= 11 is 0. The Morgan fingerprint density at radius 1 is 1.50 bits per heavy atom. The van der Waals surface area contributed by atoms with E-state index < -0.39 is 6.10 Å². The molecule has 2 heterocycles. The molecule has 2 atom stereocenters. The number of rotatable bonds is 3. The van der Waals surface area contributed by atoms with Crippen LogP contribution in [0.2, 0.25) is 0 Å². The Morgan fingerprint density at radius 2 is 2.28 bits per heavy atom. The van der Waals surface area contributed by atoms with E-state index in [0.717, 1.165) is 24.2 Å². The highest BCUT2D eigenvalue weighted by atomic mass is 16.5. The molecule has 4 nitrogen and oxygen atoms in total. The van der Waals surface area contributed by atoms with Crippen LogP contribution in [-0.4, -0.2) is 46.8 Å². The molecule has 0 radical (unpaired) electrons. The third-order valence-corrected chi connectivity index (χ3v) is 3.61. The molecular formula is C14H22N2O2. The fraction of sp³-hybridized carbons (Fsp3) is 0.643. The van der Waals surface area contributed by atoms with Crippen molar-refractivity contribution in [3.63, 3.8) is 0 Å². The van der Waals surface area contributed by atoms with Gasteiger partial charge >= 0.3 is 0 Å². The van der Waals surface area contributed by atoms with Crippen LogP contribution in [0.3, 0.4) is 0 Å². The van der Waals surface area contributed by atoms with Gasteiger partial charge in [0.25, 0.3) is 0 Å². The van der Waals surface area contributed by atoms with E-state index in [0.29, 0.717) is 12.6 Å². The number of morpholine rings is 1. The Balaban J connectivity index is 2.09. The van der Waals surface area contributed by atoms with Gasteiger partial charge in [0, 0.05) is 37.1 Å². The maximum atomic E-state index is 10.4. The summed E-state index contributed by atoms with van der Waals surface area (Å²) in [7, 11) is 0. The Bertz CT molecular complexity index is 395. The first-order chi connectivity index (χ1) is 8.59. The van der Waals surface area contributed by atoms with Gasteiger partial charge in [0.05, 0.1) is 6.61 Å². The highest BCUT2D eigenvalue weighted by Gasteiger charge is 2.29. The number of hydrogen-bond acceptors (Lipinski definition) is 4. The highest BCUT2D eigenvalue weighted by molar-refractivity contribution is 5.24. The average Bonchev–Trinajstić information content (AvgIpc) is 2.38. The van der Waals surface area contributed by atoms with Crippen LogP contribution in [-0.2, 0) is 4.74 Å². The molecule has 2 rings (SSSR count). The summed E-state index contributed by atoms with van der Waals surface area (Å²) in [6.07, 6.45) is 2.72. The SMILES string of the molecule is Cc1ccncc1C(O)C1CN(C(C)C)CCO1. The van der Waals surface area contributed by atoms with Gasteiger partial charge < -0.3 is 9.84 Å². The Morgan fingerprint density at radius 3 is 2.94 bits per heavy atom. The summed E-state index contributed by atoms with van der Waals surface area (Å²) in [5.41, 5.74) is 1.93. The maximum absolute atomic E-state index is 10.4. The fourth-order valence-electron chi connectivity index (χ4n) is 2.34. The third kappa shape index (κ3) is 2.88. The first-order valence-corrected chi connectivity index (χ1v) is 6.54. The van der Waals surface area contributed by atoms with E-state index in [4.69, 9.17) is 4.74 Å². The van der Waals surface area contributed by atoms with Gasteiger partial charge in [-0.25, -0.2) is 0 Å². The van der Waals surface area contributed by atoms with E-state index in [-0.39, 0.29) is 6.10 Å². The topological polar surface area (TPSA) is 45.6 Å². The zero-order valence-electron chi connectivity index (χ0n) is 11.3. The molecule has 0 spiro atoms. The van der Waals surface area contributed by atoms with Crippen molar-refractivity contribution in [3.05, 3.63) is 29.6 Å². The van der Waals surface area contributed by atoms with Crippen molar-refractivity contribution in [3.8, 4) is 0 Å². The van der Waals surface area contributed by atoms with Crippen molar-refractivity contribution in [2.75, 3.05) is 19.7 Å². The summed E-state index contributed by atoms with van der Waals surface area (Å²) in [6.45, 7) is 8.72. The number of aromatic nitrogens is 1. The van der Waals surface area contributed by atoms with Crippen molar-refractivity contribution < 1.29 is 9.84 Å². The molecule has 0 aliphatic carbocycles. The number of pyridine rings is 1. The van der Waals surface area contributed by atoms with Gasteiger partial charge in [-0.05, 0) is 32.4 Å².